The third-order valence-corrected chi connectivity index (χ3v) is 4.51. The second-order valence-electron chi connectivity index (χ2n) is 6.28. The maximum atomic E-state index is 11.5. The number of aliphatic imine (C=N–C) groups is 1. The number of hydrogen-bond acceptors (Lipinski definition) is 5. The SMILES string of the molecule is COC(=O)CCc1ccccc1Cc1ccccc1C1=NC(C(=O)O)CO1. The van der Waals surface area contributed by atoms with E-state index >= 15 is 0 Å². The van der Waals surface area contributed by atoms with Crippen LogP contribution in [-0.2, 0) is 31.9 Å². The Labute approximate surface area is 157 Å². The molecular formula is C21H21NO5. The van der Waals surface area contributed by atoms with Crippen LogP contribution in [0.1, 0.15) is 28.7 Å². The van der Waals surface area contributed by atoms with Crippen molar-refractivity contribution in [1.82, 2.24) is 0 Å². The van der Waals surface area contributed by atoms with Gasteiger partial charge in [0.05, 0.1) is 7.11 Å². The zero-order valence-electron chi connectivity index (χ0n) is 15.1. The van der Waals surface area contributed by atoms with Crippen LogP contribution in [0.25, 0.3) is 0 Å². The molecule has 140 valence electrons. The molecule has 27 heavy (non-hydrogen) atoms. The number of esters is 1. The molecule has 0 aromatic heterocycles. The number of carbonyl (C=O) groups is 2. The topological polar surface area (TPSA) is 85.2 Å². The van der Waals surface area contributed by atoms with Crippen LogP contribution in [-0.4, -0.2) is 42.7 Å². The van der Waals surface area contributed by atoms with Gasteiger partial charge in [-0.2, -0.15) is 0 Å². The molecule has 1 aliphatic rings. The van der Waals surface area contributed by atoms with Crippen LogP contribution in [0.4, 0.5) is 0 Å². The van der Waals surface area contributed by atoms with Crippen LogP contribution >= 0.6 is 0 Å². The van der Waals surface area contributed by atoms with Crippen molar-refractivity contribution in [2.45, 2.75) is 25.3 Å². The van der Waals surface area contributed by atoms with Crippen molar-refractivity contribution >= 4 is 17.8 Å². The Kier molecular flexibility index (Phi) is 5.86. The van der Waals surface area contributed by atoms with Crippen molar-refractivity contribution in [3.05, 3.63) is 70.8 Å². The minimum absolute atomic E-state index is 0.0503. The minimum atomic E-state index is -0.990. The van der Waals surface area contributed by atoms with Gasteiger partial charge < -0.3 is 14.6 Å². The van der Waals surface area contributed by atoms with Gasteiger partial charge in [-0.15, -0.1) is 0 Å². The third kappa shape index (κ3) is 4.53. The maximum absolute atomic E-state index is 11.5. The summed E-state index contributed by atoms with van der Waals surface area (Å²) in [6.45, 7) is 0.0503. The van der Waals surface area contributed by atoms with Gasteiger partial charge in [0, 0.05) is 12.0 Å². The molecule has 0 saturated carbocycles. The van der Waals surface area contributed by atoms with Crippen LogP contribution in [0.5, 0.6) is 0 Å². The van der Waals surface area contributed by atoms with Gasteiger partial charge >= 0.3 is 11.9 Å². The first-order chi connectivity index (χ1) is 13.1. The zero-order chi connectivity index (χ0) is 19.2. The smallest absolute Gasteiger partial charge is 0.332 e. The lowest BCUT2D eigenvalue weighted by Crippen LogP contribution is -2.18. The van der Waals surface area contributed by atoms with Crippen molar-refractivity contribution in [2.75, 3.05) is 13.7 Å². The summed E-state index contributed by atoms with van der Waals surface area (Å²) in [7, 11) is 1.39. The van der Waals surface area contributed by atoms with Crippen LogP contribution in [0.3, 0.4) is 0 Å². The molecule has 0 bridgehead atoms. The molecule has 0 amide bonds. The van der Waals surface area contributed by atoms with E-state index in [0.717, 1.165) is 22.3 Å². The van der Waals surface area contributed by atoms with Gasteiger partial charge in [-0.1, -0.05) is 42.5 Å². The summed E-state index contributed by atoms with van der Waals surface area (Å²) < 4.78 is 10.2. The zero-order valence-corrected chi connectivity index (χ0v) is 15.1. The Morgan fingerprint density at radius 3 is 2.44 bits per heavy atom. The van der Waals surface area contributed by atoms with Crippen LogP contribution < -0.4 is 0 Å². The summed E-state index contributed by atoms with van der Waals surface area (Å²) in [4.78, 5) is 26.8. The normalized spacial score (nSPS) is 15.7. The predicted octanol–water partition coefficient (Wildman–Crippen LogP) is 2.61. The van der Waals surface area contributed by atoms with Gasteiger partial charge in [0.15, 0.2) is 6.04 Å². The lowest BCUT2D eigenvalue weighted by molar-refractivity contribution is -0.140. The van der Waals surface area contributed by atoms with Crippen molar-refractivity contribution < 1.29 is 24.2 Å². The Bertz CT molecular complexity index is 874. The highest BCUT2D eigenvalue weighted by molar-refractivity contribution is 5.98. The van der Waals surface area contributed by atoms with Crippen LogP contribution in [0.15, 0.2) is 53.5 Å². The van der Waals surface area contributed by atoms with E-state index in [1.54, 1.807) is 0 Å². The van der Waals surface area contributed by atoms with Gasteiger partial charge in [0.25, 0.3) is 0 Å². The molecule has 1 unspecified atom stereocenters. The first-order valence-corrected chi connectivity index (χ1v) is 8.73. The number of benzene rings is 2. The fourth-order valence-electron chi connectivity index (χ4n) is 3.05. The number of rotatable bonds is 7. The summed E-state index contributed by atoms with van der Waals surface area (Å²) >= 11 is 0. The average Bonchev–Trinajstić information content (AvgIpc) is 3.18. The Morgan fingerprint density at radius 1 is 1.11 bits per heavy atom. The summed E-state index contributed by atoms with van der Waals surface area (Å²) in [6, 6.07) is 14.8. The highest BCUT2D eigenvalue weighted by Crippen LogP contribution is 2.22. The fraction of sp³-hybridized carbons (Fsp3) is 0.286. The highest BCUT2D eigenvalue weighted by Gasteiger charge is 2.27. The molecule has 0 fully saturated rings. The van der Waals surface area contributed by atoms with E-state index in [2.05, 4.69) is 4.99 Å². The summed E-state index contributed by atoms with van der Waals surface area (Å²) in [5.74, 6) is -0.862. The number of carbonyl (C=O) groups excluding carboxylic acids is 1. The molecule has 6 heteroatoms. The van der Waals surface area contributed by atoms with E-state index in [4.69, 9.17) is 14.6 Å². The Morgan fingerprint density at radius 2 is 1.78 bits per heavy atom. The number of aliphatic carboxylic acids is 1. The monoisotopic (exact) mass is 367 g/mol. The number of carboxylic acids is 1. The van der Waals surface area contributed by atoms with Gasteiger partial charge in [-0.25, -0.2) is 9.79 Å². The third-order valence-electron chi connectivity index (χ3n) is 4.51. The molecule has 1 N–H and O–H groups in total. The Balaban J connectivity index is 1.85. The van der Waals surface area contributed by atoms with E-state index in [9.17, 15) is 9.59 Å². The molecule has 1 heterocycles. The molecule has 1 atom stereocenters. The summed E-state index contributed by atoms with van der Waals surface area (Å²) in [5, 5.41) is 9.12. The number of carboxylic acid groups (broad SMARTS) is 1. The lowest BCUT2D eigenvalue weighted by Gasteiger charge is -2.12. The second-order valence-corrected chi connectivity index (χ2v) is 6.28. The molecule has 0 spiro atoms. The maximum Gasteiger partial charge on any atom is 0.332 e. The molecule has 2 aromatic rings. The van der Waals surface area contributed by atoms with Crippen molar-refractivity contribution in [1.29, 1.82) is 0 Å². The van der Waals surface area contributed by atoms with Crippen molar-refractivity contribution in [3.63, 3.8) is 0 Å². The Hall–Kier alpha value is -3.15. The van der Waals surface area contributed by atoms with Crippen molar-refractivity contribution in [2.24, 2.45) is 4.99 Å². The second kappa shape index (κ2) is 8.49. The van der Waals surface area contributed by atoms with Gasteiger partial charge in [-0.3, -0.25) is 4.79 Å². The quantitative estimate of drug-likeness (QED) is 0.761. The van der Waals surface area contributed by atoms with Gasteiger partial charge in [0.2, 0.25) is 5.90 Å². The minimum Gasteiger partial charge on any atom is -0.480 e. The molecule has 0 aliphatic carbocycles. The number of aryl methyl sites for hydroxylation is 1. The van der Waals surface area contributed by atoms with Gasteiger partial charge in [-0.05, 0) is 35.6 Å². The molecule has 0 saturated heterocycles. The van der Waals surface area contributed by atoms with E-state index in [1.165, 1.54) is 7.11 Å². The van der Waals surface area contributed by atoms with Crippen molar-refractivity contribution in [3.8, 4) is 0 Å². The first kappa shape index (κ1) is 18.6. The molecular weight excluding hydrogens is 346 g/mol. The number of nitrogens with zero attached hydrogens (tertiary/aromatic N) is 1. The fourth-order valence-corrected chi connectivity index (χ4v) is 3.05. The number of ether oxygens (including phenoxy) is 2. The standard InChI is InChI=1S/C21H21NO5/c1-26-19(23)11-10-14-6-2-3-7-15(14)12-16-8-4-5-9-17(16)20-22-18(13-27-20)21(24)25/h2-9,18H,10-13H2,1H3,(H,24,25). The number of hydrogen-bond donors (Lipinski definition) is 1. The first-order valence-electron chi connectivity index (χ1n) is 8.73. The summed E-state index contributed by atoms with van der Waals surface area (Å²) in [5.41, 5.74) is 3.97. The van der Waals surface area contributed by atoms with E-state index in [0.29, 0.717) is 25.2 Å². The average molecular weight is 367 g/mol. The van der Waals surface area contributed by atoms with Crippen LogP contribution in [0, 0.1) is 0 Å². The molecule has 1 aliphatic heterocycles. The molecule has 3 rings (SSSR count). The van der Waals surface area contributed by atoms with Gasteiger partial charge in [0.1, 0.15) is 6.61 Å². The predicted molar refractivity (Wildman–Crippen MR) is 99.9 cm³/mol. The molecule has 2 aromatic carbocycles. The van der Waals surface area contributed by atoms with E-state index in [1.807, 2.05) is 48.5 Å². The van der Waals surface area contributed by atoms with Crippen LogP contribution in [0.2, 0.25) is 0 Å². The summed E-state index contributed by atoms with van der Waals surface area (Å²) in [6.07, 6.45) is 1.56. The molecule has 0 radical (unpaired) electrons. The molecule has 6 nitrogen and oxygen atoms in total. The van der Waals surface area contributed by atoms with E-state index in [-0.39, 0.29) is 12.6 Å². The number of methoxy groups -OCH3 is 1. The highest BCUT2D eigenvalue weighted by atomic mass is 16.5. The van der Waals surface area contributed by atoms with E-state index < -0.39 is 12.0 Å². The lowest BCUT2D eigenvalue weighted by atomic mass is 9.94. The largest absolute Gasteiger partial charge is 0.480 e.